The summed E-state index contributed by atoms with van der Waals surface area (Å²) in [6.45, 7) is 16.1. The lowest BCUT2D eigenvalue weighted by Gasteiger charge is -2.26. The average molecular weight is 209 g/mol. The maximum atomic E-state index is 5.05. The highest BCUT2D eigenvalue weighted by molar-refractivity contribution is 5.90. The molecule has 1 unspecified atom stereocenters. The van der Waals surface area contributed by atoms with Crippen molar-refractivity contribution in [2.45, 2.75) is 73.3 Å². The van der Waals surface area contributed by atoms with Crippen LogP contribution in [-0.4, -0.2) is 11.3 Å². The molecule has 1 aliphatic carbocycles. The van der Waals surface area contributed by atoms with E-state index in [2.05, 4.69) is 48.5 Å². The minimum Gasteiger partial charge on any atom is -0.287 e. The topological polar surface area (TPSA) is 12.4 Å². The van der Waals surface area contributed by atoms with Crippen molar-refractivity contribution in [1.29, 1.82) is 0 Å². The Kier molecular flexibility index (Phi) is 3.06. The van der Waals surface area contributed by atoms with E-state index < -0.39 is 0 Å². The molecule has 0 aliphatic heterocycles. The highest BCUT2D eigenvalue weighted by Gasteiger charge is 2.58. The van der Waals surface area contributed by atoms with Gasteiger partial charge in [-0.2, -0.15) is 0 Å². The van der Waals surface area contributed by atoms with Crippen LogP contribution in [-0.2, 0) is 0 Å². The van der Waals surface area contributed by atoms with Crippen molar-refractivity contribution < 1.29 is 0 Å². The molecule has 0 amide bonds. The third kappa shape index (κ3) is 2.26. The van der Waals surface area contributed by atoms with Crippen LogP contribution in [0.2, 0.25) is 0 Å². The van der Waals surface area contributed by atoms with E-state index in [1.54, 1.807) is 0 Å². The summed E-state index contributed by atoms with van der Waals surface area (Å²) in [5.41, 5.74) is 2.30. The SMILES string of the molecule is CC/C(=N/C1(C)CC1(C)C)C(C)(C)CC. The van der Waals surface area contributed by atoms with Gasteiger partial charge in [0, 0.05) is 11.1 Å². The maximum absolute atomic E-state index is 5.05. The minimum atomic E-state index is 0.213. The zero-order valence-corrected chi connectivity index (χ0v) is 11.6. The lowest BCUT2D eigenvalue weighted by molar-refractivity contribution is 0.473. The second kappa shape index (κ2) is 3.61. The van der Waals surface area contributed by atoms with Crippen molar-refractivity contribution in [3.63, 3.8) is 0 Å². The van der Waals surface area contributed by atoms with Gasteiger partial charge in [0.1, 0.15) is 0 Å². The van der Waals surface area contributed by atoms with E-state index in [0.717, 1.165) is 6.42 Å². The molecule has 1 saturated carbocycles. The molecule has 0 aromatic rings. The van der Waals surface area contributed by atoms with Gasteiger partial charge in [-0.25, -0.2) is 0 Å². The fraction of sp³-hybridized carbons (Fsp3) is 0.929. The predicted octanol–water partition coefficient (Wildman–Crippen LogP) is 4.46. The Balaban J connectivity index is 2.90. The summed E-state index contributed by atoms with van der Waals surface area (Å²) in [4.78, 5) is 5.05. The second-order valence-corrected chi connectivity index (χ2v) is 6.48. The first-order valence-electron chi connectivity index (χ1n) is 6.28. The fourth-order valence-electron chi connectivity index (χ4n) is 2.22. The van der Waals surface area contributed by atoms with Gasteiger partial charge in [0.25, 0.3) is 0 Å². The Hall–Kier alpha value is -0.330. The highest BCUT2D eigenvalue weighted by atomic mass is 15.0. The van der Waals surface area contributed by atoms with E-state index in [1.807, 2.05) is 0 Å². The van der Waals surface area contributed by atoms with Crippen LogP contribution < -0.4 is 0 Å². The van der Waals surface area contributed by atoms with Crippen LogP contribution in [0.4, 0.5) is 0 Å². The quantitative estimate of drug-likeness (QED) is 0.606. The fourth-order valence-corrected chi connectivity index (χ4v) is 2.22. The summed E-state index contributed by atoms with van der Waals surface area (Å²) < 4.78 is 0. The monoisotopic (exact) mass is 209 g/mol. The predicted molar refractivity (Wildman–Crippen MR) is 68.6 cm³/mol. The molecule has 0 radical (unpaired) electrons. The van der Waals surface area contributed by atoms with Crippen LogP contribution in [0.15, 0.2) is 4.99 Å². The van der Waals surface area contributed by atoms with Gasteiger partial charge in [0.15, 0.2) is 0 Å². The lowest BCUT2D eigenvalue weighted by atomic mass is 9.83. The van der Waals surface area contributed by atoms with E-state index >= 15 is 0 Å². The standard InChI is InChI=1S/C14H27N/c1-8-11(12(3,4)9-2)15-14(7)10-13(14,5)6/h8-10H2,1-7H3/b15-11-. The summed E-state index contributed by atoms with van der Waals surface area (Å²) in [6, 6.07) is 0. The second-order valence-electron chi connectivity index (χ2n) is 6.48. The molecule has 0 N–H and O–H groups in total. The van der Waals surface area contributed by atoms with Crippen LogP contribution in [0, 0.1) is 10.8 Å². The number of nitrogens with zero attached hydrogens (tertiary/aromatic N) is 1. The van der Waals surface area contributed by atoms with Gasteiger partial charge in [-0.15, -0.1) is 0 Å². The Morgan fingerprint density at radius 3 is 1.93 bits per heavy atom. The average Bonchev–Trinajstić information content (AvgIpc) is 2.62. The summed E-state index contributed by atoms with van der Waals surface area (Å²) in [7, 11) is 0. The Morgan fingerprint density at radius 2 is 1.67 bits per heavy atom. The minimum absolute atomic E-state index is 0.213. The molecule has 1 nitrogen and oxygen atoms in total. The van der Waals surface area contributed by atoms with Crippen molar-refractivity contribution in [2.24, 2.45) is 15.8 Å². The van der Waals surface area contributed by atoms with Gasteiger partial charge >= 0.3 is 0 Å². The van der Waals surface area contributed by atoms with Crippen molar-refractivity contribution in [2.75, 3.05) is 0 Å². The van der Waals surface area contributed by atoms with E-state index in [9.17, 15) is 0 Å². The first kappa shape index (κ1) is 12.7. The van der Waals surface area contributed by atoms with Crippen LogP contribution in [0.5, 0.6) is 0 Å². The van der Waals surface area contributed by atoms with E-state index in [1.165, 1.54) is 18.6 Å². The first-order valence-corrected chi connectivity index (χ1v) is 6.28. The summed E-state index contributed by atoms with van der Waals surface area (Å²) in [5, 5.41) is 0. The van der Waals surface area contributed by atoms with E-state index in [-0.39, 0.29) is 11.0 Å². The molecule has 0 bridgehead atoms. The molecule has 0 saturated heterocycles. The molecule has 15 heavy (non-hydrogen) atoms. The first-order chi connectivity index (χ1) is 6.68. The van der Waals surface area contributed by atoms with Crippen molar-refractivity contribution in [3.05, 3.63) is 0 Å². The smallest absolute Gasteiger partial charge is 0.0637 e. The van der Waals surface area contributed by atoms with E-state index in [0.29, 0.717) is 5.41 Å². The largest absolute Gasteiger partial charge is 0.287 e. The maximum Gasteiger partial charge on any atom is 0.0637 e. The molecular formula is C14H27N. The lowest BCUT2D eigenvalue weighted by Crippen LogP contribution is -2.25. The van der Waals surface area contributed by atoms with Gasteiger partial charge < -0.3 is 0 Å². The van der Waals surface area contributed by atoms with Crippen LogP contribution in [0.3, 0.4) is 0 Å². The number of aliphatic imine (C=N–C) groups is 1. The number of hydrogen-bond acceptors (Lipinski definition) is 1. The van der Waals surface area contributed by atoms with Gasteiger partial charge in [0.05, 0.1) is 5.54 Å². The highest BCUT2D eigenvalue weighted by Crippen LogP contribution is 2.58. The third-order valence-electron chi connectivity index (χ3n) is 4.50. The van der Waals surface area contributed by atoms with Gasteiger partial charge in [-0.1, -0.05) is 41.5 Å². The number of rotatable bonds is 4. The normalized spacial score (nSPS) is 30.5. The Labute approximate surface area is 95.4 Å². The zero-order valence-electron chi connectivity index (χ0n) is 11.6. The number of hydrogen-bond donors (Lipinski definition) is 0. The summed E-state index contributed by atoms with van der Waals surface area (Å²) in [5.74, 6) is 0. The molecule has 1 atom stereocenters. The third-order valence-corrected chi connectivity index (χ3v) is 4.50. The molecular weight excluding hydrogens is 182 g/mol. The molecule has 0 spiro atoms. The summed E-state index contributed by atoms with van der Waals surface area (Å²) in [6.07, 6.45) is 3.51. The molecule has 1 fully saturated rings. The Morgan fingerprint density at radius 1 is 1.20 bits per heavy atom. The molecule has 0 aromatic heterocycles. The van der Waals surface area contributed by atoms with Crippen molar-refractivity contribution in [1.82, 2.24) is 0 Å². The molecule has 1 aliphatic rings. The molecule has 0 aromatic carbocycles. The molecule has 1 rings (SSSR count). The molecule has 1 heteroatoms. The van der Waals surface area contributed by atoms with Crippen LogP contribution in [0.25, 0.3) is 0 Å². The van der Waals surface area contributed by atoms with Crippen LogP contribution in [0.1, 0.15) is 67.7 Å². The van der Waals surface area contributed by atoms with Crippen molar-refractivity contribution in [3.8, 4) is 0 Å². The molecule has 0 heterocycles. The summed E-state index contributed by atoms with van der Waals surface area (Å²) >= 11 is 0. The van der Waals surface area contributed by atoms with Gasteiger partial charge in [-0.3, -0.25) is 4.99 Å². The van der Waals surface area contributed by atoms with Crippen LogP contribution >= 0.6 is 0 Å². The van der Waals surface area contributed by atoms with Gasteiger partial charge in [-0.05, 0) is 31.6 Å². The Bertz CT molecular complexity index is 273. The van der Waals surface area contributed by atoms with E-state index in [4.69, 9.17) is 4.99 Å². The van der Waals surface area contributed by atoms with Gasteiger partial charge in [0.2, 0.25) is 0 Å². The molecule has 88 valence electrons. The zero-order chi connectivity index (χ0) is 11.9. The van der Waals surface area contributed by atoms with Crippen molar-refractivity contribution >= 4 is 5.71 Å².